The molecule has 13 heavy (non-hydrogen) atoms. The van der Waals surface area contributed by atoms with Crippen LogP contribution in [0.5, 0.6) is 0 Å². The first-order chi connectivity index (χ1) is 6.02. The Kier molecular flexibility index (Phi) is 6.40. The van der Waals surface area contributed by atoms with Gasteiger partial charge in [-0.05, 0) is 32.2 Å². The van der Waals surface area contributed by atoms with Crippen LogP contribution in [-0.4, -0.2) is 13.1 Å². The van der Waals surface area contributed by atoms with E-state index in [1.807, 2.05) is 7.05 Å². The summed E-state index contributed by atoms with van der Waals surface area (Å²) < 4.78 is 0. The van der Waals surface area contributed by atoms with Crippen molar-refractivity contribution >= 4 is 0 Å². The van der Waals surface area contributed by atoms with E-state index in [2.05, 4.69) is 33.0 Å². The van der Waals surface area contributed by atoms with Crippen LogP contribution < -0.4 is 5.32 Å². The molecule has 0 aliphatic heterocycles. The molecule has 0 amide bonds. The third-order valence-corrected chi connectivity index (χ3v) is 3.19. The molecule has 0 unspecified atom stereocenters. The fourth-order valence-corrected chi connectivity index (χ4v) is 1.38. The lowest BCUT2D eigenvalue weighted by molar-refractivity contribution is 0.305. The zero-order chi connectivity index (χ0) is 10.3. The fraction of sp³-hybridized carbons (Fsp3) is 1.00. The second-order valence-corrected chi connectivity index (χ2v) is 4.95. The van der Waals surface area contributed by atoms with Gasteiger partial charge in [-0.2, -0.15) is 0 Å². The van der Waals surface area contributed by atoms with Crippen LogP contribution in [0.25, 0.3) is 0 Å². The Labute approximate surface area is 84.3 Å². The molecule has 0 aromatic rings. The average Bonchev–Trinajstić information content (AvgIpc) is 2.12. The van der Waals surface area contributed by atoms with Gasteiger partial charge in [0.15, 0.2) is 0 Å². The smallest absolute Gasteiger partial charge is 0.00357 e. The molecular formula is C12H27N. The van der Waals surface area contributed by atoms with Gasteiger partial charge in [-0.1, -0.05) is 40.0 Å². The van der Waals surface area contributed by atoms with Gasteiger partial charge in [0.05, 0.1) is 0 Å². The number of rotatable bonds is 7. The molecule has 1 atom stereocenters. The van der Waals surface area contributed by atoms with Crippen molar-refractivity contribution in [2.24, 2.45) is 5.41 Å². The van der Waals surface area contributed by atoms with Crippen molar-refractivity contribution in [2.75, 3.05) is 7.05 Å². The third kappa shape index (κ3) is 7.06. The molecule has 0 aliphatic rings. The summed E-state index contributed by atoms with van der Waals surface area (Å²) in [5.41, 5.74) is 0.558. The van der Waals surface area contributed by atoms with Crippen molar-refractivity contribution in [3.63, 3.8) is 0 Å². The summed E-state index contributed by atoms with van der Waals surface area (Å²) in [5, 5.41) is 3.28. The Morgan fingerprint density at radius 1 is 1.23 bits per heavy atom. The first-order valence-electron chi connectivity index (χ1n) is 5.69. The van der Waals surface area contributed by atoms with Crippen molar-refractivity contribution in [2.45, 2.75) is 65.8 Å². The van der Waals surface area contributed by atoms with Crippen LogP contribution >= 0.6 is 0 Å². The summed E-state index contributed by atoms with van der Waals surface area (Å²) in [6, 6.07) is 0.685. The van der Waals surface area contributed by atoms with E-state index in [9.17, 15) is 0 Å². The van der Waals surface area contributed by atoms with Gasteiger partial charge in [0.25, 0.3) is 0 Å². The van der Waals surface area contributed by atoms with E-state index in [1.165, 1.54) is 32.1 Å². The lowest BCUT2D eigenvalue weighted by atomic mass is 9.84. The van der Waals surface area contributed by atoms with Gasteiger partial charge >= 0.3 is 0 Å². The molecule has 0 fully saturated rings. The zero-order valence-electron chi connectivity index (χ0n) is 10.1. The highest BCUT2D eigenvalue weighted by molar-refractivity contribution is 4.67. The van der Waals surface area contributed by atoms with Gasteiger partial charge in [-0.3, -0.25) is 0 Å². The maximum Gasteiger partial charge on any atom is 0.00357 e. The molecule has 0 spiro atoms. The van der Waals surface area contributed by atoms with Crippen molar-refractivity contribution < 1.29 is 0 Å². The first-order valence-corrected chi connectivity index (χ1v) is 5.69. The molecule has 1 nitrogen and oxygen atoms in total. The SMILES string of the molecule is CCC(C)(C)CCCC[C@H](C)NC. The van der Waals surface area contributed by atoms with E-state index in [1.54, 1.807) is 0 Å². The highest BCUT2D eigenvalue weighted by atomic mass is 14.8. The second kappa shape index (κ2) is 6.42. The van der Waals surface area contributed by atoms with Crippen LogP contribution in [0.15, 0.2) is 0 Å². The molecule has 1 N–H and O–H groups in total. The molecule has 0 rings (SSSR count). The van der Waals surface area contributed by atoms with E-state index in [0.717, 1.165) is 0 Å². The van der Waals surface area contributed by atoms with Crippen LogP contribution in [0.1, 0.15) is 59.8 Å². The van der Waals surface area contributed by atoms with Crippen molar-refractivity contribution in [1.29, 1.82) is 0 Å². The Morgan fingerprint density at radius 3 is 2.31 bits per heavy atom. The van der Waals surface area contributed by atoms with Gasteiger partial charge < -0.3 is 5.32 Å². The Bertz CT molecular complexity index is 118. The molecule has 1 heteroatoms. The first kappa shape index (κ1) is 13.0. The molecule has 0 aliphatic carbocycles. The Morgan fingerprint density at radius 2 is 1.85 bits per heavy atom. The average molecular weight is 185 g/mol. The Hall–Kier alpha value is -0.0400. The molecule has 0 saturated carbocycles. The molecular weight excluding hydrogens is 158 g/mol. The monoisotopic (exact) mass is 185 g/mol. The fourth-order valence-electron chi connectivity index (χ4n) is 1.38. The number of hydrogen-bond donors (Lipinski definition) is 1. The molecule has 0 bridgehead atoms. The molecule has 0 aromatic heterocycles. The third-order valence-electron chi connectivity index (χ3n) is 3.19. The normalized spacial score (nSPS) is 14.5. The van der Waals surface area contributed by atoms with Crippen LogP contribution in [0, 0.1) is 5.41 Å². The summed E-state index contributed by atoms with van der Waals surface area (Å²) in [6.45, 7) is 9.28. The van der Waals surface area contributed by atoms with E-state index in [-0.39, 0.29) is 0 Å². The Balaban J connectivity index is 3.35. The van der Waals surface area contributed by atoms with Crippen LogP contribution in [0.3, 0.4) is 0 Å². The quantitative estimate of drug-likeness (QED) is 0.598. The van der Waals surface area contributed by atoms with Gasteiger partial charge in [0, 0.05) is 6.04 Å². The van der Waals surface area contributed by atoms with Gasteiger partial charge in [0.2, 0.25) is 0 Å². The minimum atomic E-state index is 0.558. The van der Waals surface area contributed by atoms with E-state index < -0.39 is 0 Å². The lowest BCUT2D eigenvalue weighted by Gasteiger charge is -2.22. The largest absolute Gasteiger partial charge is 0.317 e. The summed E-state index contributed by atoms with van der Waals surface area (Å²) in [6.07, 6.45) is 6.74. The second-order valence-electron chi connectivity index (χ2n) is 4.95. The minimum absolute atomic E-state index is 0.558. The molecule has 0 aromatic carbocycles. The van der Waals surface area contributed by atoms with Crippen LogP contribution in [0.4, 0.5) is 0 Å². The standard InChI is InChI=1S/C12H27N/c1-6-12(3,4)10-8-7-9-11(2)13-5/h11,13H,6-10H2,1-5H3/t11-/m0/s1. The number of nitrogens with one attached hydrogen (secondary N) is 1. The van der Waals surface area contributed by atoms with E-state index >= 15 is 0 Å². The zero-order valence-corrected chi connectivity index (χ0v) is 10.1. The van der Waals surface area contributed by atoms with Gasteiger partial charge in [0.1, 0.15) is 0 Å². The summed E-state index contributed by atoms with van der Waals surface area (Å²) in [7, 11) is 2.04. The predicted octanol–water partition coefficient (Wildman–Crippen LogP) is 3.59. The highest BCUT2D eigenvalue weighted by Gasteiger charge is 2.13. The van der Waals surface area contributed by atoms with Crippen molar-refractivity contribution in [3.05, 3.63) is 0 Å². The maximum absolute atomic E-state index is 3.28. The number of unbranched alkanes of at least 4 members (excludes halogenated alkanes) is 1. The van der Waals surface area contributed by atoms with Gasteiger partial charge in [-0.25, -0.2) is 0 Å². The van der Waals surface area contributed by atoms with Crippen LogP contribution in [0.2, 0.25) is 0 Å². The minimum Gasteiger partial charge on any atom is -0.317 e. The van der Waals surface area contributed by atoms with E-state index in [0.29, 0.717) is 11.5 Å². The van der Waals surface area contributed by atoms with Crippen LogP contribution in [-0.2, 0) is 0 Å². The molecule has 80 valence electrons. The van der Waals surface area contributed by atoms with Crippen molar-refractivity contribution in [3.8, 4) is 0 Å². The maximum atomic E-state index is 3.28. The summed E-state index contributed by atoms with van der Waals surface area (Å²) in [5.74, 6) is 0. The van der Waals surface area contributed by atoms with E-state index in [4.69, 9.17) is 0 Å². The molecule has 0 radical (unpaired) electrons. The number of hydrogen-bond acceptors (Lipinski definition) is 1. The topological polar surface area (TPSA) is 12.0 Å². The summed E-state index contributed by atoms with van der Waals surface area (Å²) in [4.78, 5) is 0. The lowest BCUT2D eigenvalue weighted by Crippen LogP contribution is -2.20. The van der Waals surface area contributed by atoms with Crippen molar-refractivity contribution in [1.82, 2.24) is 5.32 Å². The molecule has 0 saturated heterocycles. The highest BCUT2D eigenvalue weighted by Crippen LogP contribution is 2.27. The predicted molar refractivity (Wildman–Crippen MR) is 61.1 cm³/mol. The van der Waals surface area contributed by atoms with Gasteiger partial charge in [-0.15, -0.1) is 0 Å². The summed E-state index contributed by atoms with van der Waals surface area (Å²) >= 11 is 0. The molecule has 0 heterocycles.